The Morgan fingerprint density at radius 3 is 2.88 bits per heavy atom. The Kier molecular flexibility index (Phi) is 6.25. The molecule has 0 fully saturated rings. The van der Waals surface area contributed by atoms with E-state index in [1.165, 1.54) is 0 Å². The normalized spacial score (nSPS) is 10.2. The van der Waals surface area contributed by atoms with Crippen molar-refractivity contribution in [1.29, 1.82) is 0 Å². The van der Waals surface area contributed by atoms with Crippen molar-refractivity contribution in [3.8, 4) is 0 Å². The summed E-state index contributed by atoms with van der Waals surface area (Å²) in [6.07, 6.45) is 3.59. The maximum absolute atomic E-state index is 11.5. The minimum atomic E-state index is -0.371. The molecule has 1 aromatic heterocycles. The monoisotopic (exact) mass is 237 g/mol. The van der Waals surface area contributed by atoms with Crippen LogP contribution in [-0.2, 0) is 11.2 Å². The van der Waals surface area contributed by atoms with E-state index >= 15 is 0 Å². The van der Waals surface area contributed by atoms with Crippen molar-refractivity contribution >= 4 is 5.97 Å². The number of aliphatic hydroxyl groups is 1. The minimum absolute atomic E-state index is 0.232. The van der Waals surface area contributed by atoms with Crippen LogP contribution < -0.4 is 0 Å². The third kappa shape index (κ3) is 4.95. The second kappa shape index (κ2) is 7.79. The van der Waals surface area contributed by atoms with Crippen molar-refractivity contribution < 1.29 is 14.6 Å². The zero-order valence-corrected chi connectivity index (χ0v) is 10.2. The van der Waals surface area contributed by atoms with E-state index in [0.717, 1.165) is 31.4 Å². The van der Waals surface area contributed by atoms with Crippen molar-refractivity contribution in [3.63, 3.8) is 0 Å². The molecule has 0 bridgehead atoms. The number of hydrogen-bond donors (Lipinski definition) is 1. The third-order valence-electron chi connectivity index (χ3n) is 2.38. The zero-order chi connectivity index (χ0) is 12.5. The van der Waals surface area contributed by atoms with Crippen LogP contribution in [0.5, 0.6) is 0 Å². The highest BCUT2D eigenvalue weighted by Crippen LogP contribution is 2.06. The van der Waals surface area contributed by atoms with Crippen LogP contribution in [0.2, 0.25) is 0 Å². The summed E-state index contributed by atoms with van der Waals surface area (Å²) in [7, 11) is 0. The zero-order valence-electron chi connectivity index (χ0n) is 10.2. The average Bonchev–Trinajstić information content (AvgIpc) is 2.35. The van der Waals surface area contributed by atoms with Gasteiger partial charge in [-0.2, -0.15) is 0 Å². The molecule has 0 atom stereocenters. The fourth-order valence-electron chi connectivity index (χ4n) is 1.53. The number of esters is 1. The first kappa shape index (κ1) is 13.6. The lowest BCUT2D eigenvalue weighted by Crippen LogP contribution is -2.08. The number of ether oxygens (including phenoxy) is 1. The van der Waals surface area contributed by atoms with E-state index in [0.29, 0.717) is 12.3 Å². The Labute approximate surface area is 102 Å². The molecule has 0 aliphatic heterocycles. The van der Waals surface area contributed by atoms with Crippen LogP contribution in [0.4, 0.5) is 0 Å². The number of nitrogens with zero attached hydrogens (tertiary/aromatic N) is 1. The fourth-order valence-corrected chi connectivity index (χ4v) is 1.53. The number of unbranched alkanes of at least 4 members (excludes halogenated alkanes) is 2. The number of pyridine rings is 1. The Balaban J connectivity index is 2.50. The molecule has 4 heteroatoms. The molecule has 0 saturated heterocycles. The molecule has 1 N–H and O–H groups in total. The molecule has 0 unspecified atom stereocenters. The van der Waals surface area contributed by atoms with Gasteiger partial charge in [-0.05, 0) is 38.3 Å². The highest BCUT2D eigenvalue weighted by molar-refractivity contribution is 5.87. The SMILES string of the molecule is CCOC(=O)c1cccc(CCCCCO)n1. The van der Waals surface area contributed by atoms with Crippen LogP contribution in [-0.4, -0.2) is 29.3 Å². The molecular formula is C13H19NO3. The van der Waals surface area contributed by atoms with Gasteiger partial charge in [0.1, 0.15) is 5.69 Å². The van der Waals surface area contributed by atoms with Gasteiger partial charge in [0.2, 0.25) is 0 Å². The molecule has 0 aromatic carbocycles. The molecule has 0 radical (unpaired) electrons. The maximum atomic E-state index is 11.5. The molecular weight excluding hydrogens is 218 g/mol. The first-order valence-corrected chi connectivity index (χ1v) is 6.02. The topological polar surface area (TPSA) is 59.4 Å². The third-order valence-corrected chi connectivity index (χ3v) is 2.38. The largest absolute Gasteiger partial charge is 0.461 e. The standard InChI is InChI=1S/C13H19NO3/c1-2-17-13(16)12-9-6-8-11(14-12)7-4-3-5-10-15/h6,8-9,15H,2-5,7,10H2,1H3. The first-order valence-electron chi connectivity index (χ1n) is 6.02. The van der Waals surface area contributed by atoms with Gasteiger partial charge in [0.05, 0.1) is 6.61 Å². The number of hydrogen-bond acceptors (Lipinski definition) is 4. The molecule has 94 valence electrons. The van der Waals surface area contributed by atoms with E-state index in [4.69, 9.17) is 9.84 Å². The molecule has 1 rings (SSSR count). The summed E-state index contributed by atoms with van der Waals surface area (Å²) in [6.45, 7) is 2.37. The molecule has 1 heterocycles. The van der Waals surface area contributed by atoms with Crippen molar-refractivity contribution in [2.45, 2.75) is 32.6 Å². The Morgan fingerprint density at radius 2 is 2.18 bits per heavy atom. The summed E-state index contributed by atoms with van der Waals surface area (Å²) < 4.78 is 4.89. The molecule has 4 nitrogen and oxygen atoms in total. The van der Waals surface area contributed by atoms with Crippen LogP contribution in [0.15, 0.2) is 18.2 Å². The molecule has 1 aromatic rings. The van der Waals surface area contributed by atoms with Gasteiger partial charge in [-0.25, -0.2) is 9.78 Å². The average molecular weight is 237 g/mol. The number of aromatic nitrogens is 1. The Hall–Kier alpha value is -1.42. The quantitative estimate of drug-likeness (QED) is 0.581. The fraction of sp³-hybridized carbons (Fsp3) is 0.538. The van der Waals surface area contributed by atoms with Crippen molar-refractivity contribution in [2.75, 3.05) is 13.2 Å². The number of carbonyl (C=O) groups is 1. The summed E-state index contributed by atoms with van der Waals surface area (Å²) in [5.74, 6) is -0.371. The van der Waals surface area contributed by atoms with E-state index in [1.54, 1.807) is 13.0 Å². The number of aryl methyl sites for hydroxylation is 1. The van der Waals surface area contributed by atoms with Gasteiger partial charge < -0.3 is 9.84 Å². The van der Waals surface area contributed by atoms with Crippen LogP contribution in [0.3, 0.4) is 0 Å². The predicted molar refractivity (Wildman–Crippen MR) is 64.8 cm³/mol. The van der Waals surface area contributed by atoms with E-state index < -0.39 is 0 Å². The van der Waals surface area contributed by atoms with Crippen LogP contribution in [0, 0.1) is 0 Å². The minimum Gasteiger partial charge on any atom is -0.461 e. The molecule has 0 aliphatic carbocycles. The summed E-state index contributed by atoms with van der Waals surface area (Å²) >= 11 is 0. The maximum Gasteiger partial charge on any atom is 0.356 e. The van der Waals surface area contributed by atoms with Gasteiger partial charge in [-0.1, -0.05) is 12.5 Å². The summed E-state index contributed by atoms with van der Waals surface area (Å²) in [6, 6.07) is 5.39. The second-order valence-corrected chi connectivity index (χ2v) is 3.77. The second-order valence-electron chi connectivity index (χ2n) is 3.77. The molecule has 0 aliphatic rings. The summed E-state index contributed by atoms with van der Waals surface area (Å²) in [5.41, 5.74) is 1.26. The Morgan fingerprint density at radius 1 is 1.35 bits per heavy atom. The van der Waals surface area contributed by atoms with Gasteiger partial charge in [0.15, 0.2) is 0 Å². The molecule has 0 saturated carbocycles. The van der Waals surface area contributed by atoms with E-state index in [-0.39, 0.29) is 12.6 Å². The number of aliphatic hydroxyl groups excluding tert-OH is 1. The van der Waals surface area contributed by atoms with E-state index in [9.17, 15) is 4.79 Å². The van der Waals surface area contributed by atoms with Crippen LogP contribution in [0.1, 0.15) is 42.4 Å². The highest BCUT2D eigenvalue weighted by Gasteiger charge is 2.08. The number of rotatable bonds is 7. The van der Waals surface area contributed by atoms with Gasteiger partial charge in [-0.3, -0.25) is 0 Å². The van der Waals surface area contributed by atoms with Crippen molar-refractivity contribution in [2.24, 2.45) is 0 Å². The van der Waals surface area contributed by atoms with Gasteiger partial charge >= 0.3 is 5.97 Å². The van der Waals surface area contributed by atoms with Gasteiger partial charge in [-0.15, -0.1) is 0 Å². The lowest BCUT2D eigenvalue weighted by molar-refractivity contribution is 0.0519. The molecule has 0 amide bonds. The lowest BCUT2D eigenvalue weighted by atomic mass is 10.1. The van der Waals surface area contributed by atoms with Gasteiger partial charge in [0.25, 0.3) is 0 Å². The van der Waals surface area contributed by atoms with Crippen molar-refractivity contribution in [1.82, 2.24) is 4.98 Å². The molecule has 0 spiro atoms. The lowest BCUT2D eigenvalue weighted by Gasteiger charge is -2.04. The summed E-state index contributed by atoms with van der Waals surface area (Å²) in [5, 5.41) is 8.66. The molecule has 17 heavy (non-hydrogen) atoms. The van der Waals surface area contributed by atoms with Gasteiger partial charge in [0, 0.05) is 12.3 Å². The first-order chi connectivity index (χ1) is 8.27. The van der Waals surface area contributed by atoms with Crippen LogP contribution >= 0.6 is 0 Å². The predicted octanol–water partition coefficient (Wildman–Crippen LogP) is 1.96. The van der Waals surface area contributed by atoms with Crippen molar-refractivity contribution in [3.05, 3.63) is 29.6 Å². The van der Waals surface area contributed by atoms with Crippen LogP contribution in [0.25, 0.3) is 0 Å². The highest BCUT2D eigenvalue weighted by atomic mass is 16.5. The van der Waals surface area contributed by atoms with E-state index in [1.807, 2.05) is 12.1 Å². The Bertz CT molecular complexity index is 352. The number of carbonyl (C=O) groups excluding carboxylic acids is 1. The summed E-state index contributed by atoms with van der Waals surface area (Å²) in [4.78, 5) is 15.7. The van der Waals surface area contributed by atoms with E-state index in [2.05, 4.69) is 4.98 Å². The smallest absolute Gasteiger partial charge is 0.356 e.